The number of hydrogen-bond donors (Lipinski definition) is 1. The molecule has 0 unspecified atom stereocenters. The van der Waals surface area contributed by atoms with Crippen molar-refractivity contribution in [1.82, 2.24) is 19.8 Å². The van der Waals surface area contributed by atoms with Gasteiger partial charge in [0.15, 0.2) is 0 Å². The van der Waals surface area contributed by atoms with Crippen molar-refractivity contribution in [3.05, 3.63) is 18.2 Å². The van der Waals surface area contributed by atoms with Crippen molar-refractivity contribution in [1.29, 1.82) is 0 Å². The van der Waals surface area contributed by atoms with Crippen molar-refractivity contribution in [3.8, 4) is 0 Å². The maximum Gasteiger partial charge on any atom is 0.0949 e. The largest absolute Gasteiger partial charge is 0.332 e. The second kappa shape index (κ2) is 5.78. The SMILES string of the molecule is CCNCc1cncn1CCN(C)C. The van der Waals surface area contributed by atoms with Crippen molar-refractivity contribution >= 4 is 0 Å². The lowest BCUT2D eigenvalue weighted by atomic mass is 10.4. The van der Waals surface area contributed by atoms with Gasteiger partial charge in [-0.15, -0.1) is 0 Å². The molecule has 0 aliphatic rings. The molecule has 0 fully saturated rings. The minimum Gasteiger partial charge on any atom is -0.332 e. The van der Waals surface area contributed by atoms with Crippen LogP contribution in [0.1, 0.15) is 12.6 Å². The molecule has 80 valence electrons. The van der Waals surface area contributed by atoms with Crippen LogP contribution in [0.3, 0.4) is 0 Å². The van der Waals surface area contributed by atoms with Crippen LogP contribution in [0.15, 0.2) is 12.5 Å². The van der Waals surface area contributed by atoms with Gasteiger partial charge in [0.25, 0.3) is 0 Å². The Morgan fingerprint density at radius 2 is 2.29 bits per heavy atom. The van der Waals surface area contributed by atoms with Gasteiger partial charge in [0.2, 0.25) is 0 Å². The number of hydrogen-bond acceptors (Lipinski definition) is 3. The predicted molar refractivity (Wildman–Crippen MR) is 58.2 cm³/mol. The molecule has 0 aromatic carbocycles. The zero-order chi connectivity index (χ0) is 10.4. The molecule has 4 heteroatoms. The summed E-state index contributed by atoms with van der Waals surface area (Å²) in [5.74, 6) is 0. The van der Waals surface area contributed by atoms with E-state index in [-0.39, 0.29) is 0 Å². The van der Waals surface area contributed by atoms with Gasteiger partial charge in [-0.05, 0) is 20.6 Å². The van der Waals surface area contributed by atoms with Crippen LogP contribution in [0.4, 0.5) is 0 Å². The summed E-state index contributed by atoms with van der Waals surface area (Å²) in [7, 11) is 4.17. The summed E-state index contributed by atoms with van der Waals surface area (Å²) in [5.41, 5.74) is 1.26. The fourth-order valence-corrected chi connectivity index (χ4v) is 1.26. The molecule has 1 N–H and O–H groups in total. The van der Waals surface area contributed by atoms with E-state index in [2.05, 4.69) is 40.8 Å². The first-order valence-corrected chi connectivity index (χ1v) is 5.08. The van der Waals surface area contributed by atoms with E-state index in [1.165, 1.54) is 5.69 Å². The minimum absolute atomic E-state index is 0.907. The van der Waals surface area contributed by atoms with E-state index >= 15 is 0 Å². The average Bonchev–Trinajstić information content (AvgIpc) is 2.58. The molecule has 1 aromatic rings. The third-order valence-electron chi connectivity index (χ3n) is 2.14. The van der Waals surface area contributed by atoms with Crippen molar-refractivity contribution in [2.45, 2.75) is 20.0 Å². The maximum absolute atomic E-state index is 4.16. The van der Waals surface area contributed by atoms with Gasteiger partial charge >= 0.3 is 0 Å². The molecular formula is C10H20N4. The van der Waals surface area contributed by atoms with Gasteiger partial charge in [0.1, 0.15) is 0 Å². The molecule has 0 saturated carbocycles. The van der Waals surface area contributed by atoms with E-state index in [1.807, 2.05) is 12.5 Å². The Kier molecular flexibility index (Phi) is 4.62. The fourth-order valence-electron chi connectivity index (χ4n) is 1.26. The van der Waals surface area contributed by atoms with Crippen LogP contribution in [0.2, 0.25) is 0 Å². The normalized spacial score (nSPS) is 11.1. The monoisotopic (exact) mass is 196 g/mol. The highest BCUT2D eigenvalue weighted by Gasteiger charge is 2.00. The first-order valence-electron chi connectivity index (χ1n) is 5.08. The highest BCUT2D eigenvalue weighted by Crippen LogP contribution is 1.98. The predicted octanol–water partition coefficient (Wildman–Crippen LogP) is 0.554. The van der Waals surface area contributed by atoms with E-state index < -0.39 is 0 Å². The summed E-state index contributed by atoms with van der Waals surface area (Å²) in [6, 6.07) is 0. The Bertz CT molecular complexity index is 254. The van der Waals surface area contributed by atoms with Gasteiger partial charge in [0.05, 0.1) is 12.0 Å². The van der Waals surface area contributed by atoms with E-state index in [1.54, 1.807) is 0 Å². The first-order chi connectivity index (χ1) is 6.74. The van der Waals surface area contributed by atoms with Crippen LogP contribution in [0, 0.1) is 0 Å². The highest BCUT2D eigenvalue weighted by atomic mass is 15.1. The molecule has 0 radical (unpaired) electrons. The number of likely N-dealkylation sites (N-methyl/N-ethyl adjacent to an activating group) is 1. The summed E-state index contributed by atoms with van der Waals surface area (Å²) in [5, 5.41) is 3.30. The average molecular weight is 196 g/mol. The third-order valence-corrected chi connectivity index (χ3v) is 2.14. The molecule has 4 nitrogen and oxygen atoms in total. The molecule has 1 rings (SSSR count). The molecule has 0 spiro atoms. The molecule has 14 heavy (non-hydrogen) atoms. The second-order valence-corrected chi connectivity index (χ2v) is 3.66. The lowest BCUT2D eigenvalue weighted by Gasteiger charge is -2.12. The van der Waals surface area contributed by atoms with Gasteiger partial charge in [-0.25, -0.2) is 4.98 Å². The van der Waals surface area contributed by atoms with Crippen LogP contribution < -0.4 is 5.32 Å². The molecule has 0 aliphatic carbocycles. The summed E-state index contributed by atoms with van der Waals surface area (Å²) in [6.45, 7) is 6.08. The number of imidazole rings is 1. The standard InChI is InChI=1S/C10H20N4/c1-4-11-7-10-8-12-9-14(10)6-5-13(2)3/h8-9,11H,4-7H2,1-3H3. The van der Waals surface area contributed by atoms with Crippen molar-refractivity contribution in [2.24, 2.45) is 0 Å². The lowest BCUT2D eigenvalue weighted by molar-refractivity contribution is 0.380. The summed E-state index contributed by atoms with van der Waals surface area (Å²) >= 11 is 0. The quantitative estimate of drug-likeness (QED) is 0.721. The lowest BCUT2D eigenvalue weighted by Crippen LogP contribution is -2.21. The van der Waals surface area contributed by atoms with Crippen LogP contribution in [0.5, 0.6) is 0 Å². The zero-order valence-electron chi connectivity index (χ0n) is 9.32. The summed E-state index contributed by atoms with van der Waals surface area (Å²) < 4.78 is 2.20. The molecule has 1 heterocycles. The van der Waals surface area contributed by atoms with Gasteiger partial charge < -0.3 is 14.8 Å². The highest BCUT2D eigenvalue weighted by molar-refractivity contribution is 4.97. The van der Waals surface area contributed by atoms with E-state index in [4.69, 9.17) is 0 Å². The third kappa shape index (κ3) is 3.47. The van der Waals surface area contributed by atoms with E-state index in [0.29, 0.717) is 0 Å². The van der Waals surface area contributed by atoms with Crippen LogP contribution in [0.25, 0.3) is 0 Å². The van der Waals surface area contributed by atoms with Crippen molar-refractivity contribution in [2.75, 3.05) is 27.2 Å². The van der Waals surface area contributed by atoms with Crippen LogP contribution in [-0.4, -0.2) is 41.6 Å². The van der Waals surface area contributed by atoms with Gasteiger partial charge in [-0.2, -0.15) is 0 Å². The molecule has 0 saturated heterocycles. The fraction of sp³-hybridized carbons (Fsp3) is 0.700. The maximum atomic E-state index is 4.16. The van der Waals surface area contributed by atoms with Gasteiger partial charge in [-0.3, -0.25) is 0 Å². The van der Waals surface area contributed by atoms with Gasteiger partial charge in [-0.1, -0.05) is 6.92 Å². The zero-order valence-corrected chi connectivity index (χ0v) is 9.32. The second-order valence-electron chi connectivity index (χ2n) is 3.66. The minimum atomic E-state index is 0.907. The van der Waals surface area contributed by atoms with Crippen LogP contribution in [-0.2, 0) is 13.1 Å². The number of nitrogens with one attached hydrogen (secondary N) is 1. The topological polar surface area (TPSA) is 33.1 Å². The number of rotatable bonds is 6. The van der Waals surface area contributed by atoms with E-state index in [9.17, 15) is 0 Å². The number of aromatic nitrogens is 2. The molecule has 0 bridgehead atoms. The Balaban J connectivity index is 2.45. The summed E-state index contributed by atoms with van der Waals surface area (Å²) in [4.78, 5) is 6.34. The molecular weight excluding hydrogens is 176 g/mol. The molecule has 0 aliphatic heterocycles. The molecule has 0 amide bonds. The Labute approximate surface area is 85.9 Å². The first kappa shape index (κ1) is 11.2. The Morgan fingerprint density at radius 1 is 1.50 bits per heavy atom. The number of nitrogens with zero attached hydrogens (tertiary/aromatic N) is 3. The van der Waals surface area contributed by atoms with E-state index in [0.717, 1.165) is 26.2 Å². The molecule has 1 aromatic heterocycles. The summed E-state index contributed by atoms with van der Waals surface area (Å²) in [6.07, 6.45) is 3.83. The van der Waals surface area contributed by atoms with Crippen molar-refractivity contribution < 1.29 is 0 Å². The molecule has 0 atom stereocenters. The smallest absolute Gasteiger partial charge is 0.0949 e. The Morgan fingerprint density at radius 3 is 2.93 bits per heavy atom. The van der Waals surface area contributed by atoms with Crippen molar-refractivity contribution in [3.63, 3.8) is 0 Å². The van der Waals surface area contributed by atoms with Crippen LogP contribution >= 0.6 is 0 Å². The van der Waals surface area contributed by atoms with Gasteiger partial charge in [0, 0.05) is 25.8 Å². The Hall–Kier alpha value is -0.870.